The summed E-state index contributed by atoms with van der Waals surface area (Å²) in [6, 6.07) is -0.931. The van der Waals surface area contributed by atoms with Gasteiger partial charge in [-0.1, -0.05) is 352 Å². The predicted molar refractivity (Wildman–Crippen MR) is 392 cm³/mol. The van der Waals surface area contributed by atoms with Crippen molar-refractivity contribution in [3.05, 3.63) is 36.5 Å². The lowest BCUT2D eigenvalue weighted by atomic mass is 9.97. The number of hydrogen-bond acceptors (Lipinski definition) is 13. The minimum Gasteiger partial charge on any atom is -0.394 e. The van der Waals surface area contributed by atoms with Gasteiger partial charge in [0, 0.05) is 6.42 Å². The quantitative estimate of drug-likeness (QED) is 0.0204. The summed E-state index contributed by atoms with van der Waals surface area (Å²) in [7, 11) is 0. The Hall–Kier alpha value is -1.79. The van der Waals surface area contributed by atoms with E-state index >= 15 is 0 Å². The van der Waals surface area contributed by atoms with Crippen LogP contribution in [0.1, 0.15) is 380 Å². The minimum atomic E-state index is -1.79. The summed E-state index contributed by atoms with van der Waals surface area (Å²) in [5.74, 6) is -0.241. The van der Waals surface area contributed by atoms with Crippen LogP contribution in [0, 0.1) is 0 Å². The van der Waals surface area contributed by atoms with Gasteiger partial charge in [-0.25, -0.2) is 0 Å². The second kappa shape index (κ2) is 65.5. The standard InChI is InChI=1S/C81H153NO13/c1-3-5-7-9-11-13-15-17-19-21-23-25-27-28-29-30-31-32-33-34-35-36-37-38-39-40-41-42-43-45-47-49-51-53-55-57-59-61-63-65-73(86)82-69(68-92-80-78(91)76(89)79(72(67-84)94-80)95-81-77(90)75(88)74(87)71(66-83)93-81)70(85)64-62-60-58-56-54-52-50-48-46-44-26-24-22-20-18-16-14-12-10-8-6-4-2/h21,23,54,56,62,64,69-72,74-81,83-85,87-91H,3-20,22,24-53,55,57-61,63,65-68H2,1-2H3,(H,82,86)/b23-21-,56-54+,64-62+. The largest absolute Gasteiger partial charge is 0.394 e. The number of aliphatic hydroxyl groups excluding tert-OH is 8. The second-order valence-corrected chi connectivity index (χ2v) is 28.9. The van der Waals surface area contributed by atoms with Gasteiger partial charge in [0.05, 0.1) is 32.0 Å². The number of carbonyl (C=O) groups excluding carboxylic acids is 1. The van der Waals surface area contributed by atoms with Gasteiger partial charge in [-0.2, -0.15) is 0 Å². The van der Waals surface area contributed by atoms with Crippen LogP contribution in [0.5, 0.6) is 0 Å². The van der Waals surface area contributed by atoms with Gasteiger partial charge in [0.2, 0.25) is 5.91 Å². The third-order valence-electron chi connectivity index (χ3n) is 20.0. The summed E-state index contributed by atoms with van der Waals surface area (Å²) in [5, 5.41) is 87.6. The average Bonchev–Trinajstić information content (AvgIpc) is 0.801. The van der Waals surface area contributed by atoms with Crippen molar-refractivity contribution < 1.29 is 64.6 Å². The van der Waals surface area contributed by atoms with Crippen LogP contribution in [0.4, 0.5) is 0 Å². The highest BCUT2D eigenvalue weighted by Crippen LogP contribution is 2.30. The first-order valence-electron chi connectivity index (χ1n) is 40.7. The normalized spacial score (nSPS) is 22.5. The second-order valence-electron chi connectivity index (χ2n) is 28.9. The SMILES string of the molecule is CCCCCCCCCC/C=C\CCCCCCCCCCCCCCCCCCCCCCCCCCCCCC(=O)NC(COC1OC(CO)C(OC2OC(CO)C(O)C(O)C2O)C(O)C1O)C(O)/C=C/CC/C=C/CCCCCCCCCCCCCCCCCC. The van der Waals surface area contributed by atoms with E-state index in [1.807, 2.05) is 6.08 Å². The van der Waals surface area contributed by atoms with Crippen molar-refractivity contribution in [3.63, 3.8) is 0 Å². The maximum absolute atomic E-state index is 13.4. The molecule has 14 heteroatoms. The zero-order valence-electron chi connectivity index (χ0n) is 61.4. The van der Waals surface area contributed by atoms with E-state index in [1.54, 1.807) is 6.08 Å². The molecule has 0 aromatic carbocycles. The molecule has 2 heterocycles. The van der Waals surface area contributed by atoms with Gasteiger partial charge in [0.1, 0.15) is 48.8 Å². The van der Waals surface area contributed by atoms with E-state index in [0.717, 1.165) is 32.1 Å². The minimum absolute atomic E-state index is 0.241. The number of nitrogens with one attached hydrogen (secondary N) is 1. The summed E-state index contributed by atoms with van der Waals surface area (Å²) < 4.78 is 22.9. The zero-order valence-corrected chi connectivity index (χ0v) is 61.4. The van der Waals surface area contributed by atoms with Crippen molar-refractivity contribution in [2.75, 3.05) is 19.8 Å². The molecule has 2 fully saturated rings. The third kappa shape index (κ3) is 48.6. The smallest absolute Gasteiger partial charge is 0.220 e. The zero-order chi connectivity index (χ0) is 68.7. The molecule has 9 N–H and O–H groups in total. The Morgan fingerprint density at radius 3 is 1.03 bits per heavy atom. The fourth-order valence-corrected chi connectivity index (χ4v) is 13.6. The van der Waals surface area contributed by atoms with E-state index in [1.165, 1.54) is 315 Å². The van der Waals surface area contributed by atoms with Crippen LogP contribution in [-0.4, -0.2) is 140 Å². The van der Waals surface area contributed by atoms with Crippen molar-refractivity contribution in [1.29, 1.82) is 0 Å². The van der Waals surface area contributed by atoms with Crippen LogP contribution in [0.15, 0.2) is 36.5 Å². The van der Waals surface area contributed by atoms with Crippen molar-refractivity contribution >= 4 is 5.91 Å². The Morgan fingerprint density at radius 2 is 0.674 bits per heavy atom. The molecule has 2 aliphatic rings. The highest BCUT2D eigenvalue weighted by atomic mass is 16.7. The van der Waals surface area contributed by atoms with E-state index in [9.17, 15) is 45.6 Å². The maximum Gasteiger partial charge on any atom is 0.220 e. The predicted octanol–water partition coefficient (Wildman–Crippen LogP) is 18.4. The molecule has 0 aliphatic carbocycles. The van der Waals surface area contributed by atoms with Crippen LogP contribution in [0.2, 0.25) is 0 Å². The Bertz CT molecular complexity index is 1730. The summed E-state index contributed by atoms with van der Waals surface area (Å²) in [5.41, 5.74) is 0. The van der Waals surface area contributed by atoms with Crippen molar-refractivity contribution in [3.8, 4) is 0 Å². The molecule has 12 atom stereocenters. The molecule has 0 spiro atoms. The molecule has 560 valence electrons. The lowest BCUT2D eigenvalue weighted by Gasteiger charge is -2.46. The van der Waals surface area contributed by atoms with Crippen LogP contribution in [0.25, 0.3) is 0 Å². The molecule has 0 radical (unpaired) electrons. The molecule has 2 rings (SSSR count). The van der Waals surface area contributed by atoms with E-state index in [4.69, 9.17) is 18.9 Å². The number of allylic oxidation sites excluding steroid dienone is 5. The number of hydrogen-bond donors (Lipinski definition) is 9. The van der Waals surface area contributed by atoms with E-state index in [-0.39, 0.29) is 18.9 Å². The fourth-order valence-electron chi connectivity index (χ4n) is 13.6. The van der Waals surface area contributed by atoms with E-state index in [2.05, 4.69) is 43.5 Å². The molecule has 2 aliphatic heterocycles. The number of unbranched alkanes of at least 4 members (excludes halogenated alkanes) is 52. The van der Waals surface area contributed by atoms with Crippen LogP contribution >= 0.6 is 0 Å². The molecule has 12 unspecified atom stereocenters. The summed E-state index contributed by atoms with van der Waals surface area (Å²) in [4.78, 5) is 13.4. The van der Waals surface area contributed by atoms with Crippen molar-refractivity contribution in [1.82, 2.24) is 5.32 Å². The van der Waals surface area contributed by atoms with Gasteiger partial charge < -0.3 is 65.1 Å². The number of carbonyl (C=O) groups is 1. The molecule has 95 heavy (non-hydrogen) atoms. The first-order valence-corrected chi connectivity index (χ1v) is 40.7. The lowest BCUT2D eigenvalue weighted by molar-refractivity contribution is -0.359. The Balaban J connectivity index is 1.57. The summed E-state index contributed by atoms with van der Waals surface area (Å²) in [6.45, 7) is 2.84. The number of ether oxygens (including phenoxy) is 4. The highest BCUT2D eigenvalue weighted by molar-refractivity contribution is 5.76. The third-order valence-corrected chi connectivity index (χ3v) is 20.0. The van der Waals surface area contributed by atoms with Gasteiger partial charge in [-0.3, -0.25) is 4.79 Å². The van der Waals surface area contributed by atoms with Gasteiger partial charge in [0.25, 0.3) is 0 Å². The topological polar surface area (TPSA) is 228 Å². The van der Waals surface area contributed by atoms with Crippen LogP contribution in [-0.2, 0) is 23.7 Å². The van der Waals surface area contributed by atoms with Crippen molar-refractivity contribution in [2.24, 2.45) is 0 Å². The first kappa shape index (κ1) is 89.3. The first-order chi connectivity index (χ1) is 46.6. The molecule has 14 nitrogen and oxygen atoms in total. The highest BCUT2D eigenvalue weighted by Gasteiger charge is 2.51. The molecule has 0 saturated carbocycles. The maximum atomic E-state index is 13.4. The summed E-state index contributed by atoms with van der Waals surface area (Å²) in [6.07, 6.45) is 69.7. The Kier molecular flexibility index (Phi) is 61.6. The molecule has 0 bridgehead atoms. The van der Waals surface area contributed by atoms with Crippen LogP contribution < -0.4 is 5.32 Å². The average molecular weight is 1350 g/mol. The van der Waals surface area contributed by atoms with Gasteiger partial charge in [-0.15, -0.1) is 0 Å². The Morgan fingerprint density at radius 1 is 0.368 bits per heavy atom. The summed E-state index contributed by atoms with van der Waals surface area (Å²) >= 11 is 0. The molecule has 1 amide bonds. The van der Waals surface area contributed by atoms with E-state index < -0.39 is 86.8 Å². The number of amides is 1. The van der Waals surface area contributed by atoms with Gasteiger partial charge in [0.15, 0.2) is 12.6 Å². The van der Waals surface area contributed by atoms with Gasteiger partial charge >= 0.3 is 0 Å². The molecule has 0 aromatic rings. The monoisotopic (exact) mass is 1350 g/mol. The Labute approximate surface area is 582 Å². The fraction of sp³-hybridized carbons (Fsp3) is 0.914. The van der Waals surface area contributed by atoms with Crippen molar-refractivity contribution in [2.45, 2.75) is 453 Å². The molecular weight excluding hydrogens is 1190 g/mol. The van der Waals surface area contributed by atoms with Gasteiger partial charge in [-0.05, 0) is 57.8 Å². The number of rotatable bonds is 69. The van der Waals surface area contributed by atoms with E-state index in [0.29, 0.717) is 12.8 Å². The molecular formula is C81H153NO13. The lowest BCUT2D eigenvalue weighted by Crippen LogP contribution is -2.65. The van der Waals surface area contributed by atoms with Crippen LogP contribution in [0.3, 0.4) is 0 Å². The molecule has 2 saturated heterocycles. The molecule has 0 aromatic heterocycles. The number of aliphatic hydroxyl groups is 8.